The van der Waals surface area contributed by atoms with E-state index < -0.39 is 0 Å². The third-order valence-corrected chi connectivity index (χ3v) is 5.48. The molecule has 1 saturated heterocycles. The summed E-state index contributed by atoms with van der Waals surface area (Å²) in [5.41, 5.74) is 7.81. The summed E-state index contributed by atoms with van der Waals surface area (Å²) >= 11 is 0. The number of benzene rings is 2. The first-order chi connectivity index (χ1) is 12.0. The molecule has 0 aromatic heterocycles. The first-order valence-corrected chi connectivity index (χ1v) is 9.02. The number of quaternary nitrogens is 1. The predicted octanol–water partition coefficient (Wildman–Crippen LogP) is 2.75. The minimum Gasteiger partial charge on any atom is -0.354 e. The number of hydrogen-bond acceptors (Lipinski definition) is 1. The van der Waals surface area contributed by atoms with Gasteiger partial charge in [0.2, 0.25) is 5.91 Å². The van der Waals surface area contributed by atoms with E-state index in [1.54, 1.807) is 6.07 Å². The number of nitrogens with zero attached hydrogens (tertiary/aromatic N) is 1. The van der Waals surface area contributed by atoms with E-state index in [0.717, 1.165) is 42.6 Å². The molecule has 130 valence electrons. The van der Waals surface area contributed by atoms with E-state index in [0.29, 0.717) is 11.6 Å². The summed E-state index contributed by atoms with van der Waals surface area (Å²) in [4.78, 5) is 14.7. The van der Waals surface area contributed by atoms with E-state index in [9.17, 15) is 9.18 Å². The molecular weight excluding hydrogens is 315 g/mol. The molecule has 1 saturated carbocycles. The highest BCUT2D eigenvalue weighted by Crippen LogP contribution is 2.51. The molecule has 1 aliphatic heterocycles. The lowest BCUT2D eigenvalue weighted by atomic mass is 9.93. The molecule has 0 bridgehead atoms. The Morgan fingerprint density at radius 3 is 2.72 bits per heavy atom. The monoisotopic (exact) mass is 339 g/mol. The lowest BCUT2D eigenvalue weighted by molar-refractivity contribution is -0.414. The van der Waals surface area contributed by atoms with Crippen molar-refractivity contribution < 1.29 is 14.9 Å². The van der Waals surface area contributed by atoms with Crippen molar-refractivity contribution in [3.05, 3.63) is 59.4 Å². The van der Waals surface area contributed by atoms with Crippen molar-refractivity contribution in [1.82, 2.24) is 4.90 Å². The Labute approximate surface area is 147 Å². The summed E-state index contributed by atoms with van der Waals surface area (Å²) in [6, 6.07) is 13.4. The summed E-state index contributed by atoms with van der Waals surface area (Å²) in [5, 5.41) is 0. The summed E-state index contributed by atoms with van der Waals surface area (Å²) in [6.07, 6.45) is 1.86. The average molecular weight is 339 g/mol. The van der Waals surface area contributed by atoms with Crippen molar-refractivity contribution in [2.24, 2.45) is 5.92 Å². The third-order valence-electron chi connectivity index (χ3n) is 5.48. The van der Waals surface area contributed by atoms with Crippen molar-refractivity contribution in [2.75, 3.05) is 13.1 Å². The number of amides is 1. The van der Waals surface area contributed by atoms with Gasteiger partial charge in [-0.1, -0.05) is 42.0 Å². The van der Waals surface area contributed by atoms with Gasteiger partial charge in [0.05, 0.1) is 6.54 Å². The second kappa shape index (κ2) is 6.26. The van der Waals surface area contributed by atoms with Crippen LogP contribution in [0, 0.1) is 18.7 Å². The van der Waals surface area contributed by atoms with E-state index in [-0.39, 0.29) is 23.6 Å². The van der Waals surface area contributed by atoms with Gasteiger partial charge in [-0.3, -0.25) is 4.79 Å². The number of hydrogen-bond donors (Lipinski definition) is 1. The SMILES string of the molecule is Cc1ccc(C2CC2C(=O)N2CCC([NH3+])C2)c(-c2ccccc2F)c1. The molecule has 3 nitrogen and oxygen atoms in total. The Morgan fingerprint density at radius 1 is 1.20 bits per heavy atom. The Morgan fingerprint density at radius 2 is 2.00 bits per heavy atom. The van der Waals surface area contributed by atoms with E-state index in [2.05, 4.69) is 17.9 Å². The van der Waals surface area contributed by atoms with Crippen molar-refractivity contribution in [3.8, 4) is 11.1 Å². The van der Waals surface area contributed by atoms with Gasteiger partial charge in [-0.25, -0.2) is 4.39 Å². The third kappa shape index (κ3) is 3.07. The van der Waals surface area contributed by atoms with E-state index in [1.807, 2.05) is 30.0 Å². The molecule has 1 heterocycles. The second-order valence-electron chi connectivity index (χ2n) is 7.46. The lowest BCUT2D eigenvalue weighted by Crippen LogP contribution is -2.62. The molecule has 0 spiro atoms. The molecule has 0 radical (unpaired) electrons. The smallest absolute Gasteiger partial charge is 0.226 e. The quantitative estimate of drug-likeness (QED) is 0.918. The van der Waals surface area contributed by atoms with Crippen LogP contribution in [0.1, 0.15) is 29.9 Å². The zero-order valence-electron chi connectivity index (χ0n) is 14.5. The van der Waals surface area contributed by atoms with Crippen molar-refractivity contribution >= 4 is 5.91 Å². The standard InChI is InChI=1S/C21H23FN2O/c1-13-6-7-15(17(10-13)16-4-2-3-5-20(16)22)18-11-19(18)21(25)24-9-8-14(23)12-24/h2-7,10,14,18-19H,8-9,11-12,23H2,1H3/p+1. The van der Waals surface area contributed by atoms with Crippen LogP contribution in [0.25, 0.3) is 11.1 Å². The maximum Gasteiger partial charge on any atom is 0.226 e. The van der Waals surface area contributed by atoms with Gasteiger partial charge >= 0.3 is 0 Å². The van der Waals surface area contributed by atoms with Crippen LogP contribution in [0.15, 0.2) is 42.5 Å². The zero-order chi connectivity index (χ0) is 17.6. The minimum absolute atomic E-state index is 0.0403. The molecule has 1 amide bonds. The minimum atomic E-state index is -0.211. The molecule has 4 rings (SSSR count). The molecule has 2 fully saturated rings. The zero-order valence-corrected chi connectivity index (χ0v) is 14.5. The molecule has 3 N–H and O–H groups in total. The highest BCUT2D eigenvalue weighted by Gasteiger charge is 2.47. The Kier molecular flexibility index (Phi) is 4.08. The van der Waals surface area contributed by atoms with Crippen molar-refractivity contribution in [3.63, 3.8) is 0 Å². The molecule has 2 aliphatic rings. The van der Waals surface area contributed by atoms with Crippen LogP contribution in [-0.2, 0) is 4.79 Å². The topological polar surface area (TPSA) is 48.0 Å². The molecule has 1 aliphatic carbocycles. The van der Waals surface area contributed by atoms with Gasteiger partial charge in [-0.15, -0.1) is 0 Å². The summed E-state index contributed by atoms with van der Waals surface area (Å²) in [6.45, 7) is 3.61. The maximum atomic E-state index is 14.3. The van der Waals surface area contributed by atoms with Crippen molar-refractivity contribution in [1.29, 1.82) is 0 Å². The largest absolute Gasteiger partial charge is 0.354 e. The van der Waals surface area contributed by atoms with Crippen molar-refractivity contribution in [2.45, 2.75) is 31.7 Å². The van der Waals surface area contributed by atoms with E-state index in [4.69, 9.17) is 0 Å². The van der Waals surface area contributed by atoms with Gasteiger partial charge in [0.1, 0.15) is 11.9 Å². The fourth-order valence-corrected chi connectivity index (χ4v) is 3.99. The van der Waals surface area contributed by atoms with Crippen LogP contribution in [0.5, 0.6) is 0 Å². The average Bonchev–Trinajstić information content (AvgIpc) is 3.27. The fourth-order valence-electron chi connectivity index (χ4n) is 3.99. The predicted molar refractivity (Wildman–Crippen MR) is 95.3 cm³/mol. The van der Waals surface area contributed by atoms with Crippen LogP contribution in [0.2, 0.25) is 0 Å². The number of likely N-dealkylation sites (tertiary alicyclic amines) is 1. The summed E-state index contributed by atoms with van der Waals surface area (Å²) < 4.78 is 14.3. The first-order valence-electron chi connectivity index (χ1n) is 9.02. The van der Waals surface area contributed by atoms with E-state index in [1.165, 1.54) is 6.07 Å². The number of carbonyl (C=O) groups is 1. The number of rotatable bonds is 3. The highest BCUT2D eigenvalue weighted by molar-refractivity contribution is 5.84. The second-order valence-corrected chi connectivity index (χ2v) is 7.46. The van der Waals surface area contributed by atoms with Crippen LogP contribution in [0.4, 0.5) is 4.39 Å². The molecule has 3 unspecified atom stereocenters. The molecule has 2 aromatic rings. The Bertz CT molecular complexity index is 819. The van der Waals surface area contributed by atoms with Gasteiger partial charge < -0.3 is 10.6 Å². The molecule has 4 heteroatoms. The molecule has 25 heavy (non-hydrogen) atoms. The molecule has 3 atom stereocenters. The molecular formula is C21H24FN2O+. The fraction of sp³-hybridized carbons (Fsp3) is 0.381. The van der Waals surface area contributed by atoms with Crippen LogP contribution in [0.3, 0.4) is 0 Å². The van der Waals surface area contributed by atoms with Gasteiger partial charge in [-0.2, -0.15) is 0 Å². The maximum absolute atomic E-state index is 14.3. The van der Waals surface area contributed by atoms with E-state index >= 15 is 0 Å². The summed E-state index contributed by atoms with van der Waals surface area (Å²) in [7, 11) is 0. The number of aryl methyl sites for hydroxylation is 1. The van der Waals surface area contributed by atoms with Gasteiger partial charge in [0, 0.05) is 24.4 Å². The van der Waals surface area contributed by atoms with Crippen LogP contribution in [-0.4, -0.2) is 29.9 Å². The Balaban J connectivity index is 1.62. The van der Waals surface area contributed by atoms with Gasteiger partial charge in [0.25, 0.3) is 0 Å². The van der Waals surface area contributed by atoms with Gasteiger partial charge in [0.15, 0.2) is 0 Å². The Hall–Kier alpha value is -2.20. The number of halogens is 1. The summed E-state index contributed by atoms with van der Waals surface area (Å²) in [5.74, 6) is 0.277. The van der Waals surface area contributed by atoms with Crippen LogP contribution >= 0.6 is 0 Å². The lowest BCUT2D eigenvalue weighted by Gasteiger charge is -2.16. The highest BCUT2D eigenvalue weighted by atomic mass is 19.1. The van der Waals surface area contributed by atoms with Gasteiger partial charge in [-0.05, 0) is 36.5 Å². The molecule has 2 aromatic carbocycles. The number of carbonyl (C=O) groups excluding carboxylic acids is 1. The first kappa shape index (κ1) is 16.3. The normalized spacial score (nSPS) is 25.2. The van der Waals surface area contributed by atoms with Crippen LogP contribution < -0.4 is 5.73 Å².